The van der Waals surface area contributed by atoms with E-state index < -0.39 is 0 Å². The van der Waals surface area contributed by atoms with Gasteiger partial charge in [0.15, 0.2) is 0 Å². The molecular weight excluding hydrogens is 265 g/mol. The minimum atomic E-state index is -0.244. The van der Waals surface area contributed by atoms with Gasteiger partial charge in [-0.05, 0) is 49.6 Å². The molecule has 21 heavy (non-hydrogen) atoms. The zero-order valence-corrected chi connectivity index (χ0v) is 12.5. The van der Waals surface area contributed by atoms with Crippen molar-refractivity contribution in [3.05, 3.63) is 71.0 Å². The number of halogens is 1. The van der Waals surface area contributed by atoms with Gasteiger partial charge in [0, 0.05) is 18.7 Å². The molecule has 0 N–H and O–H groups in total. The third-order valence-electron chi connectivity index (χ3n) is 3.61. The Morgan fingerprint density at radius 3 is 2.24 bits per heavy atom. The van der Waals surface area contributed by atoms with Crippen LogP contribution in [-0.4, -0.2) is 23.9 Å². The quantitative estimate of drug-likeness (QED) is 0.816. The van der Waals surface area contributed by atoms with Crippen LogP contribution < -0.4 is 0 Å². The summed E-state index contributed by atoms with van der Waals surface area (Å²) in [6, 6.07) is 14.0. The average Bonchev–Trinajstić information content (AvgIpc) is 2.51. The maximum absolute atomic E-state index is 13.0. The molecule has 2 rings (SSSR count). The summed E-state index contributed by atoms with van der Waals surface area (Å²) in [5.41, 5.74) is 2.70. The van der Waals surface area contributed by atoms with Gasteiger partial charge >= 0.3 is 0 Å². The van der Waals surface area contributed by atoms with Gasteiger partial charge in [0.05, 0.1) is 0 Å². The lowest BCUT2D eigenvalue weighted by molar-refractivity contribution is 0.0772. The van der Waals surface area contributed by atoms with Crippen LogP contribution in [0.5, 0.6) is 0 Å². The highest BCUT2D eigenvalue weighted by Crippen LogP contribution is 2.17. The summed E-state index contributed by atoms with van der Waals surface area (Å²) in [5, 5.41) is 0. The van der Waals surface area contributed by atoms with E-state index >= 15 is 0 Å². The number of rotatable bonds is 5. The number of benzene rings is 2. The lowest BCUT2D eigenvalue weighted by Crippen LogP contribution is -2.31. The molecule has 0 saturated heterocycles. The molecular formula is C18H20FNO. The van der Waals surface area contributed by atoms with Gasteiger partial charge in [0.2, 0.25) is 0 Å². The van der Waals surface area contributed by atoms with E-state index in [1.807, 2.05) is 43.0 Å². The molecule has 2 nitrogen and oxygen atoms in total. The summed E-state index contributed by atoms with van der Waals surface area (Å²) in [5.74, 6) is -0.191. The lowest BCUT2D eigenvalue weighted by Gasteiger charge is -2.20. The summed E-state index contributed by atoms with van der Waals surface area (Å²) < 4.78 is 13.0. The molecule has 0 heterocycles. The zero-order chi connectivity index (χ0) is 15.2. The van der Waals surface area contributed by atoms with Gasteiger partial charge in [-0.2, -0.15) is 0 Å². The molecule has 3 heteroatoms. The van der Waals surface area contributed by atoms with Gasteiger partial charge < -0.3 is 4.90 Å². The lowest BCUT2D eigenvalue weighted by atomic mass is 9.99. The summed E-state index contributed by atoms with van der Waals surface area (Å²) in [6.07, 6.45) is 0.628. The second-order valence-corrected chi connectivity index (χ2v) is 4.94. The topological polar surface area (TPSA) is 20.3 Å². The number of carbonyl (C=O) groups excluding carboxylic acids is 1. The van der Waals surface area contributed by atoms with Crippen LogP contribution >= 0.6 is 0 Å². The molecule has 2 aromatic rings. The molecule has 110 valence electrons. The van der Waals surface area contributed by atoms with Crippen LogP contribution in [0.1, 0.15) is 35.3 Å². The SMILES string of the molecule is CCN(CC)C(=O)c1ccccc1Cc1ccc(F)cc1. The number of nitrogens with zero attached hydrogens (tertiary/aromatic N) is 1. The van der Waals surface area contributed by atoms with Gasteiger partial charge in [0.1, 0.15) is 5.82 Å². The van der Waals surface area contributed by atoms with E-state index in [1.54, 1.807) is 12.1 Å². The minimum Gasteiger partial charge on any atom is -0.339 e. The number of hydrogen-bond acceptors (Lipinski definition) is 1. The molecule has 0 saturated carbocycles. The normalized spacial score (nSPS) is 10.4. The Hall–Kier alpha value is -2.16. The maximum atomic E-state index is 13.0. The average molecular weight is 285 g/mol. The van der Waals surface area contributed by atoms with E-state index in [4.69, 9.17) is 0 Å². The summed E-state index contributed by atoms with van der Waals surface area (Å²) >= 11 is 0. The van der Waals surface area contributed by atoms with Crippen molar-refractivity contribution < 1.29 is 9.18 Å². The van der Waals surface area contributed by atoms with Crippen molar-refractivity contribution in [1.29, 1.82) is 0 Å². The Bertz CT molecular complexity index is 603. The van der Waals surface area contributed by atoms with Crippen LogP contribution in [0.15, 0.2) is 48.5 Å². The monoisotopic (exact) mass is 285 g/mol. The van der Waals surface area contributed by atoms with Crippen molar-refractivity contribution in [2.45, 2.75) is 20.3 Å². The first kappa shape index (κ1) is 15.2. The fourth-order valence-electron chi connectivity index (χ4n) is 2.39. The second-order valence-electron chi connectivity index (χ2n) is 4.94. The van der Waals surface area contributed by atoms with Crippen LogP contribution in [0.25, 0.3) is 0 Å². The van der Waals surface area contributed by atoms with E-state index in [0.29, 0.717) is 19.5 Å². The van der Waals surface area contributed by atoms with E-state index in [2.05, 4.69) is 0 Å². The third kappa shape index (κ3) is 3.69. The second kappa shape index (κ2) is 7.02. The Labute approximate surface area is 125 Å². The highest BCUT2D eigenvalue weighted by atomic mass is 19.1. The smallest absolute Gasteiger partial charge is 0.254 e. The Morgan fingerprint density at radius 2 is 1.62 bits per heavy atom. The first-order chi connectivity index (χ1) is 10.2. The highest BCUT2D eigenvalue weighted by molar-refractivity contribution is 5.95. The molecule has 0 aliphatic rings. The third-order valence-corrected chi connectivity index (χ3v) is 3.61. The molecule has 0 aliphatic heterocycles. The van der Waals surface area contributed by atoms with Gasteiger partial charge in [0.25, 0.3) is 5.91 Å². The van der Waals surface area contributed by atoms with Crippen LogP contribution in [0, 0.1) is 5.82 Å². The zero-order valence-electron chi connectivity index (χ0n) is 12.5. The first-order valence-electron chi connectivity index (χ1n) is 7.27. The van der Waals surface area contributed by atoms with Crippen molar-refractivity contribution >= 4 is 5.91 Å². The molecule has 0 aromatic heterocycles. The molecule has 0 atom stereocenters. The number of amides is 1. The largest absolute Gasteiger partial charge is 0.339 e. The first-order valence-corrected chi connectivity index (χ1v) is 7.27. The predicted molar refractivity (Wildman–Crippen MR) is 82.9 cm³/mol. The van der Waals surface area contributed by atoms with Crippen LogP contribution in [-0.2, 0) is 6.42 Å². The van der Waals surface area contributed by atoms with E-state index in [9.17, 15) is 9.18 Å². The molecule has 0 unspecified atom stereocenters. The van der Waals surface area contributed by atoms with E-state index in [0.717, 1.165) is 16.7 Å². The standard InChI is InChI=1S/C18H20FNO/c1-3-20(4-2)18(21)17-8-6-5-7-15(17)13-14-9-11-16(19)12-10-14/h5-12H,3-4,13H2,1-2H3. The Balaban J connectivity index is 2.28. The van der Waals surface area contributed by atoms with Crippen molar-refractivity contribution in [3.63, 3.8) is 0 Å². The molecule has 0 radical (unpaired) electrons. The maximum Gasteiger partial charge on any atom is 0.254 e. The van der Waals surface area contributed by atoms with Crippen molar-refractivity contribution in [2.75, 3.05) is 13.1 Å². The molecule has 2 aromatic carbocycles. The molecule has 1 amide bonds. The van der Waals surface area contributed by atoms with Crippen LogP contribution in [0.3, 0.4) is 0 Å². The molecule has 0 bridgehead atoms. The summed E-state index contributed by atoms with van der Waals surface area (Å²) in [6.45, 7) is 5.34. The van der Waals surface area contributed by atoms with E-state index in [1.165, 1.54) is 12.1 Å². The van der Waals surface area contributed by atoms with Gasteiger partial charge in [-0.15, -0.1) is 0 Å². The van der Waals surface area contributed by atoms with Gasteiger partial charge in [-0.3, -0.25) is 4.79 Å². The molecule has 0 aliphatic carbocycles. The number of hydrogen-bond donors (Lipinski definition) is 0. The van der Waals surface area contributed by atoms with Crippen LogP contribution in [0.4, 0.5) is 4.39 Å². The van der Waals surface area contributed by atoms with Gasteiger partial charge in [-0.1, -0.05) is 30.3 Å². The van der Waals surface area contributed by atoms with E-state index in [-0.39, 0.29) is 11.7 Å². The van der Waals surface area contributed by atoms with Crippen LogP contribution in [0.2, 0.25) is 0 Å². The van der Waals surface area contributed by atoms with Gasteiger partial charge in [-0.25, -0.2) is 4.39 Å². The Morgan fingerprint density at radius 1 is 1.00 bits per heavy atom. The number of carbonyl (C=O) groups is 1. The fourth-order valence-corrected chi connectivity index (χ4v) is 2.39. The highest BCUT2D eigenvalue weighted by Gasteiger charge is 2.16. The predicted octanol–water partition coefficient (Wildman–Crippen LogP) is 3.90. The minimum absolute atomic E-state index is 0.0534. The fraction of sp³-hybridized carbons (Fsp3) is 0.278. The Kier molecular flexibility index (Phi) is 5.09. The van der Waals surface area contributed by atoms with Crippen molar-refractivity contribution in [1.82, 2.24) is 4.90 Å². The summed E-state index contributed by atoms with van der Waals surface area (Å²) in [4.78, 5) is 14.3. The molecule has 0 fully saturated rings. The van der Waals surface area contributed by atoms with Crippen molar-refractivity contribution in [2.24, 2.45) is 0 Å². The summed E-state index contributed by atoms with van der Waals surface area (Å²) in [7, 11) is 0. The van der Waals surface area contributed by atoms with Crippen molar-refractivity contribution in [3.8, 4) is 0 Å². The molecule has 0 spiro atoms.